The van der Waals surface area contributed by atoms with E-state index in [1.807, 2.05) is 33.3 Å². The van der Waals surface area contributed by atoms with E-state index in [4.69, 9.17) is 13.8 Å². The van der Waals surface area contributed by atoms with Crippen LogP contribution in [0.2, 0.25) is 0 Å². The van der Waals surface area contributed by atoms with Gasteiger partial charge in [0.15, 0.2) is 0 Å². The number of ether oxygens (including phenoxy) is 1. The minimum atomic E-state index is -4.47. The van der Waals surface area contributed by atoms with Gasteiger partial charge in [-0.2, -0.15) is 0 Å². The molecule has 0 rings (SSSR count). The van der Waals surface area contributed by atoms with E-state index < -0.39 is 20.0 Å². The first-order valence-electron chi connectivity index (χ1n) is 35.4. The van der Waals surface area contributed by atoms with Crippen LogP contribution in [0.3, 0.4) is 0 Å². The molecule has 0 aromatic rings. The number of carbonyl (C=O) groups is 2. The zero-order chi connectivity index (χ0) is 61.4. The number of unbranched alkanes of at least 4 members (excludes halogenated alkanes) is 36. The van der Waals surface area contributed by atoms with Crippen LogP contribution in [-0.4, -0.2) is 74.3 Å². The second-order valence-corrected chi connectivity index (χ2v) is 26.5. The number of phosphoric ester groups is 1. The van der Waals surface area contributed by atoms with Crippen molar-refractivity contribution < 1.29 is 37.3 Å². The summed E-state index contributed by atoms with van der Waals surface area (Å²) in [6.45, 7) is 6.89. The molecule has 1 amide bonds. The third-order valence-electron chi connectivity index (χ3n) is 15.6. The van der Waals surface area contributed by atoms with Crippen LogP contribution >= 0.6 is 7.82 Å². The molecule has 0 radical (unpaired) electrons. The van der Waals surface area contributed by atoms with Gasteiger partial charge in [-0.05, 0) is 102 Å². The Morgan fingerprint density at radius 2 is 0.762 bits per heavy atom. The molecule has 0 fully saturated rings. The molecular formula is C74H136N2O7P+. The topological polar surface area (TPSA) is 111 Å². The second-order valence-electron chi connectivity index (χ2n) is 25.0. The Bertz CT molecular complexity index is 1710. The summed E-state index contributed by atoms with van der Waals surface area (Å²) < 4.78 is 30.8. The molecule has 0 aliphatic rings. The largest absolute Gasteiger partial charge is 0.472 e. The van der Waals surface area contributed by atoms with Gasteiger partial charge in [0, 0.05) is 12.8 Å². The number of nitrogens with zero attached hydrogens (tertiary/aromatic N) is 1. The summed E-state index contributed by atoms with van der Waals surface area (Å²) >= 11 is 0. The highest BCUT2D eigenvalue weighted by molar-refractivity contribution is 7.47. The molecule has 0 aromatic carbocycles. The minimum absolute atomic E-state index is 0.0313. The Hall–Kier alpha value is -2.81. The summed E-state index contributed by atoms with van der Waals surface area (Å²) in [5.74, 6) is -0.535. The smallest absolute Gasteiger partial charge is 0.456 e. The number of hydrogen-bond acceptors (Lipinski definition) is 6. The first kappa shape index (κ1) is 81.2. The number of likely N-dealkylation sites (N-methyl/N-ethyl adjacent to an activating group) is 1. The van der Waals surface area contributed by atoms with Crippen LogP contribution in [0.4, 0.5) is 0 Å². The summed E-state index contributed by atoms with van der Waals surface area (Å²) in [5, 5.41) is 3.05. The third kappa shape index (κ3) is 63.7. The van der Waals surface area contributed by atoms with E-state index in [0.717, 1.165) is 89.9 Å². The molecule has 3 unspecified atom stereocenters. The minimum Gasteiger partial charge on any atom is -0.456 e. The highest BCUT2D eigenvalue weighted by atomic mass is 31.2. The van der Waals surface area contributed by atoms with Gasteiger partial charge in [-0.25, -0.2) is 4.57 Å². The molecule has 84 heavy (non-hydrogen) atoms. The molecule has 2 N–H and O–H groups in total. The molecule has 3 atom stereocenters. The van der Waals surface area contributed by atoms with Crippen LogP contribution in [0.15, 0.2) is 85.1 Å². The predicted octanol–water partition coefficient (Wildman–Crippen LogP) is 22.5. The van der Waals surface area contributed by atoms with Gasteiger partial charge in [0.05, 0.1) is 33.8 Å². The molecule has 0 bridgehead atoms. The van der Waals surface area contributed by atoms with E-state index in [2.05, 4.69) is 99.0 Å². The fourth-order valence-electron chi connectivity index (χ4n) is 10.1. The number of allylic oxidation sites excluding steroid dienone is 13. The van der Waals surface area contributed by atoms with Crippen molar-refractivity contribution in [3.63, 3.8) is 0 Å². The molecule has 9 nitrogen and oxygen atoms in total. The van der Waals surface area contributed by atoms with Crippen molar-refractivity contribution in [2.75, 3.05) is 40.9 Å². The van der Waals surface area contributed by atoms with Crippen LogP contribution in [-0.2, 0) is 27.9 Å². The maximum absolute atomic E-state index is 13.6. The fourth-order valence-corrected chi connectivity index (χ4v) is 10.9. The van der Waals surface area contributed by atoms with Gasteiger partial charge in [0.2, 0.25) is 5.91 Å². The quantitative estimate of drug-likeness (QED) is 0.0205. The van der Waals surface area contributed by atoms with Gasteiger partial charge in [-0.1, -0.05) is 292 Å². The summed E-state index contributed by atoms with van der Waals surface area (Å²) in [5.41, 5.74) is 0. The lowest BCUT2D eigenvalue weighted by atomic mass is 10.0. The van der Waals surface area contributed by atoms with Crippen LogP contribution in [0.25, 0.3) is 0 Å². The van der Waals surface area contributed by atoms with E-state index in [9.17, 15) is 19.0 Å². The Kier molecular flexibility index (Phi) is 61.1. The Morgan fingerprint density at radius 1 is 0.429 bits per heavy atom. The third-order valence-corrected chi connectivity index (χ3v) is 16.6. The number of hydrogen-bond donors (Lipinski definition) is 2. The van der Waals surface area contributed by atoms with E-state index in [1.165, 1.54) is 193 Å². The number of nitrogens with one attached hydrogen (secondary N) is 1. The number of rotatable bonds is 64. The second kappa shape index (κ2) is 63.2. The zero-order valence-corrected chi connectivity index (χ0v) is 56.8. The van der Waals surface area contributed by atoms with Crippen molar-refractivity contribution >= 4 is 19.7 Å². The molecule has 488 valence electrons. The van der Waals surface area contributed by atoms with E-state index >= 15 is 0 Å². The Labute approximate surface area is 520 Å². The predicted molar refractivity (Wildman–Crippen MR) is 364 cm³/mol. The maximum atomic E-state index is 13.6. The van der Waals surface area contributed by atoms with E-state index in [0.29, 0.717) is 23.9 Å². The SMILES string of the molecule is CC/C=C\C/C=C\C/C=C\C/C=C\C/C=C\CCCCCC(=O)NC(COP(=O)(O)OCC[N+](C)(C)C)C(/C=C\CCCCCCCCCCCC)OC(=O)CCCCCCCCCCCCCCCCCCC/C=C/CCCCCCCC. The van der Waals surface area contributed by atoms with E-state index in [1.54, 1.807) is 0 Å². The zero-order valence-electron chi connectivity index (χ0n) is 55.9. The highest BCUT2D eigenvalue weighted by Crippen LogP contribution is 2.43. The van der Waals surface area contributed by atoms with Crippen molar-refractivity contribution in [3.05, 3.63) is 85.1 Å². The van der Waals surface area contributed by atoms with Gasteiger partial charge in [0.1, 0.15) is 19.3 Å². The number of esters is 1. The highest BCUT2D eigenvalue weighted by Gasteiger charge is 2.30. The summed E-state index contributed by atoms with van der Waals surface area (Å²) in [4.78, 5) is 37.9. The average Bonchev–Trinajstić information content (AvgIpc) is 3.64. The number of amides is 1. The van der Waals surface area contributed by atoms with Gasteiger partial charge >= 0.3 is 13.8 Å². The first-order chi connectivity index (χ1) is 40.9. The molecule has 0 aliphatic heterocycles. The lowest BCUT2D eigenvalue weighted by Crippen LogP contribution is -2.47. The number of phosphoric acid groups is 1. The molecule has 0 saturated heterocycles. The van der Waals surface area contributed by atoms with Crippen molar-refractivity contribution in [2.45, 2.75) is 335 Å². The molecule has 10 heteroatoms. The molecular weight excluding hydrogens is 1060 g/mol. The molecule has 0 aromatic heterocycles. The van der Waals surface area contributed by atoms with Crippen LogP contribution in [0.1, 0.15) is 323 Å². The average molecular weight is 1200 g/mol. The van der Waals surface area contributed by atoms with Gasteiger partial charge < -0.3 is 19.4 Å². The van der Waals surface area contributed by atoms with Crippen LogP contribution < -0.4 is 5.32 Å². The molecule has 0 aliphatic carbocycles. The lowest BCUT2D eigenvalue weighted by molar-refractivity contribution is -0.870. The van der Waals surface area contributed by atoms with Crippen molar-refractivity contribution in [1.82, 2.24) is 5.32 Å². The summed E-state index contributed by atoms with van der Waals surface area (Å²) in [7, 11) is 1.47. The van der Waals surface area contributed by atoms with Crippen LogP contribution in [0, 0.1) is 0 Å². The number of quaternary nitrogens is 1. The van der Waals surface area contributed by atoms with Crippen molar-refractivity contribution in [2.24, 2.45) is 0 Å². The van der Waals surface area contributed by atoms with Crippen molar-refractivity contribution in [1.29, 1.82) is 0 Å². The maximum Gasteiger partial charge on any atom is 0.472 e. The molecule has 0 saturated carbocycles. The van der Waals surface area contributed by atoms with Crippen LogP contribution in [0.5, 0.6) is 0 Å². The normalized spacial score (nSPS) is 14.0. The summed E-state index contributed by atoms with van der Waals surface area (Å²) in [6, 6.07) is -0.869. The number of carbonyl (C=O) groups excluding carboxylic acids is 2. The van der Waals surface area contributed by atoms with Gasteiger partial charge in [0.25, 0.3) is 0 Å². The monoisotopic (exact) mass is 1200 g/mol. The van der Waals surface area contributed by atoms with Gasteiger partial charge in [-0.3, -0.25) is 18.6 Å². The standard InChI is InChI=1S/C74H135N2O7P/c1-7-10-13-16-19-22-25-28-30-32-34-35-36-37-38-39-40-41-43-45-47-49-52-55-58-61-64-67-74(78)83-72(65-62-59-56-53-50-27-24-21-18-15-12-9-3)71(70-82-84(79,80)81-69-68-76(4,5)6)75-73(77)66-63-60-57-54-51-48-46-44-42-33-31-29-26-23-20-17-14-11-8-2/h11,14,20,23,28-31,42,44,48,51,62,65,71-72H,7-10,12-13,15-19,21-22,24-27,32-41,43,45-47,49-50,52-61,63-64,66-70H2,1-6H3,(H-,75,77,79,80)/p+1/b14-11-,23-20-,30-28+,31-29-,44-42-,51-48-,65-62-. The van der Waals surface area contributed by atoms with E-state index in [-0.39, 0.29) is 31.5 Å². The van der Waals surface area contributed by atoms with Gasteiger partial charge in [-0.15, -0.1) is 0 Å². The molecule has 0 spiro atoms. The Morgan fingerprint density at radius 3 is 1.17 bits per heavy atom. The van der Waals surface area contributed by atoms with Crippen molar-refractivity contribution in [3.8, 4) is 0 Å². The lowest BCUT2D eigenvalue weighted by Gasteiger charge is -2.27. The first-order valence-corrected chi connectivity index (χ1v) is 36.9. The molecule has 0 heterocycles. The Balaban J connectivity index is 5.06. The fraction of sp³-hybridized carbons (Fsp3) is 0.784. The summed E-state index contributed by atoms with van der Waals surface area (Å²) in [6.07, 6.45) is 84.7.